The van der Waals surface area contributed by atoms with E-state index in [0.29, 0.717) is 49.8 Å². The Morgan fingerprint density at radius 3 is 2.42 bits per heavy atom. The second-order valence-corrected chi connectivity index (χ2v) is 7.72. The molecule has 1 aliphatic heterocycles. The maximum absolute atomic E-state index is 13.1. The van der Waals surface area contributed by atoms with E-state index in [9.17, 15) is 14.7 Å². The average molecular weight is 454 g/mol. The normalized spacial score (nSPS) is 17.4. The van der Waals surface area contributed by atoms with Gasteiger partial charge in [0.1, 0.15) is 17.3 Å². The molecule has 0 spiro atoms. The first kappa shape index (κ1) is 24.3. The van der Waals surface area contributed by atoms with Crippen LogP contribution in [-0.4, -0.2) is 55.2 Å². The number of rotatable bonds is 11. The summed E-state index contributed by atoms with van der Waals surface area (Å²) in [6.45, 7) is 5.76. The van der Waals surface area contributed by atoms with Crippen LogP contribution in [0.1, 0.15) is 43.9 Å². The second kappa shape index (κ2) is 11.5. The van der Waals surface area contributed by atoms with Gasteiger partial charge < -0.3 is 24.2 Å². The van der Waals surface area contributed by atoms with E-state index < -0.39 is 17.7 Å². The monoisotopic (exact) mass is 453 g/mol. The van der Waals surface area contributed by atoms with Crippen LogP contribution >= 0.6 is 0 Å². The highest BCUT2D eigenvalue weighted by Gasteiger charge is 2.45. The summed E-state index contributed by atoms with van der Waals surface area (Å²) in [5.41, 5.74) is 1.21. The molecular weight excluding hydrogens is 422 g/mol. The van der Waals surface area contributed by atoms with Crippen LogP contribution < -0.4 is 9.47 Å². The molecule has 0 aliphatic carbocycles. The maximum Gasteiger partial charge on any atom is 0.295 e. The first-order valence-corrected chi connectivity index (χ1v) is 11.2. The second-order valence-electron chi connectivity index (χ2n) is 7.72. The number of aliphatic hydroxyl groups excluding tert-OH is 1. The molecule has 2 aromatic carbocycles. The topological polar surface area (TPSA) is 85.3 Å². The molecule has 1 fully saturated rings. The highest BCUT2D eigenvalue weighted by atomic mass is 16.5. The molecule has 1 heterocycles. The molecule has 7 nitrogen and oxygen atoms in total. The van der Waals surface area contributed by atoms with Crippen LogP contribution in [0.5, 0.6) is 11.5 Å². The Morgan fingerprint density at radius 2 is 1.76 bits per heavy atom. The molecule has 33 heavy (non-hydrogen) atoms. The third-order valence-corrected chi connectivity index (χ3v) is 5.37. The number of ketones is 1. The Balaban J connectivity index is 2.06. The van der Waals surface area contributed by atoms with E-state index in [1.807, 2.05) is 26.0 Å². The number of carbonyl (C=O) groups is 2. The maximum atomic E-state index is 13.1. The molecule has 3 rings (SSSR count). The number of benzene rings is 2. The standard InChI is InChI=1S/C26H31NO6/c1-4-15-33-21-9-6-8-19(17-21)24(28)22-23(18-10-12-20(13-11-18)32-5-2)27(14-7-16-31-3)26(30)25(22)29/h6,8-13,17,23,28H,4-5,7,14-16H2,1-3H3/b24-22+. The summed E-state index contributed by atoms with van der Waals surface area (Å²) in [6.07, 6.45) is 1.41. The van der Waals surface area contributed by atoms with E-state index in [-0.39, 0.29) is 11.3 Å². The Kier molecular flexibility index (Phi) is 8.49. The van der Waals surface area contributed by atoms with Gasteiger partial charge in [0.25, 0.3) is 11.7 Å². The molecule has 176 valence electrons. The summed E-state index contributed by atoms with van der Waals surface area (Å²) >= 11 is 0. The molecular formula is C26H31NO6. The van der Waals surface area contributed by atoms with Crippen molar-refractivity contribution in [3.63, 3.8) is 0 Å². The lowest BCUT2D eigenvalue weighted by Gasteiger charge is -2.25. The van der Waals surface area contributed by atoms with Crippen molar-refractivity contribution in [2.75, 3.05) is 33.5 Å². The van der Waals surface area contributed by atoms with Gasteiger partial charge in [-0.2, -0.15) is 0 Å². The zero-order chi connectivity index (χ0) is 23.8. The summed E-state index contributed by atoms with van der Waals surface area (Å²) < 4.78 is 16.3. The van der Waals surface area contributed by atoms with E-state index in [0.717, 1.165) is 12.0 Å². The molecule has 1 unspecified atom stereocenters. The summed E-state index contributed by atoms with van der Waals surface area (Å²) in [4.78, 5) is 27.5. The number of Topliss-reactive ketones (excluding diaryl/α,β-unsaturated/α-hetero) is 1. The minimum atomic E-state index is -0.710. The number of aliphatic hydroxyl groups is 1. The van der Waals surface area contributed by atoms with Crippen LogP contribution in [0.4, 0.5) is 0 Å². The first-order valence-electron chi connectivity index (χ1n) is 11.2. The van der Waals surface area contributed by atoms with Gasteiger partial charge in [-0.15, -0.1) is 0 Å². The lowest BCUT2D eigenvalue weighted by atomic mass is 9.95. The van der Waals surface area contributed by atoms with Gasteiger partial charge in [-0.25, -0.2) is 0 Å². The van der Waals surface area contributed by atoms with Crippen LogP contribution in [0.15, 0.2) is 54.1 Å². The number of hydrogen-bond donors (Lipinski definition) is 1. The fourth-order valence-corrected chi connectivity index (χ4v) is 3.86. The van der Waals surface area contributed by atoms with Crippen molar-refractivity contribution >= 4 is 17.4 Å². The Labute approximate surface area is 194 Å². The Hall–Kier alpha value is -3.32. The van der Waals surface area contributed by atoms with Gasteiger partial charge >= 0.3 is 0 Å². The summed E-state index contributed by atoms with van der Waals surface area (Å²) in [7, 11) is 1.59. The predicted molar refractivity (Wildman–Crippen MR) is 125 cm³/mol. The molecule has 1 aliphatic rings. The van der Waals surface area contributed by atoms with Crippen LogP contribution in [0, 0.1) is 0 Å². The van der Waals surface area contributed by atoms with E-state index in [1.54, 1.807) is 43.5 Å². The average Bonchev–Trinajstić information content (AvgIpc) is 3.08. The lowest BCUT2D eigenvalue weighted by Crippen LogP contribution is -2.31. The van der Waals surface area contributed by atoms with Crippen LogP contribution in [0.25, 0.3) is 5.76 Å². The molecule has 0 aromatic heterocycles. The van der Waals surface area contributed by atoms with Gasteiger partial charge in [-0.05, 0) is 49.6 Å². The third-order valence-electron chi connectivity index (χ3n) is 5.37. The van der Waals surface area contributed by atoms with E-state index in [2.05, 4.69) is 0 Å². The van der Waals surface area contributed by atoms with Crippen molar-refractivity contribution in [3.8, 4) is 11.5 Å². The zero-order valence-corrected chi connectivity index (χ0v) is 19.4. The molecule has 0 bridgehead atoms. The van der Waals surface area contributed by atoms with Crippen molar-refractivity contribution in [2.45, 2.75) is 32.7 Å². The summed E-state index contributed by atoms with van der Waals surface area (Å²) in [5, 5.41) is 11.2. The van der Waals surface area contributed by atoms with Crippen molar-refractivity contribution in [1.29, 1.82) is 0 Å². The zero-order valence-electron chi connectivity index (χ0n) is 19.4. The number of hydrogen-bond acceptors (Lipinski definition) is 6. The Morgan fingerprint density at radius 1 is 1.00 bits per heavy atom. The smallest absolute Gasteiger partial charge is 0.295 e. The number of likely N-dealkylation sites (tertiary alicyclic amines) is 1. The fourth-order valence-electron chi connectivity index (χ4n) is 3.86. The van der Waals surface area contributed by atoms with Crippen molar-refractivity contribution in [2.24, 2.45) is 0 Å². The van der Waals surface area contributed by atoms with E-state index in [1.165, 1.54) is 4.90 Å². The van der Waals surface area contributed by atoms with E-state index >= 15 is 0 Å². The summed E-state index contributed by atoms with van der Waals surface area (Å²) in [5.74, 6) is -0.275. The SMILES string of the molecule is CCCOc1cccc(/C(O)=C2\C(=O)C(=O)N(CCCOC)C2c2ccc(OCC)cc2)c1. The minimum absolute atomic E-state index is 0.0641. The molecule has 1 amide bonds. The van der Waals surface area contributed by atoms with Crippen LogP contribution in [-0.2, 0) is 14.3 Å². The quantitative estimate of drug-likeness (QED) is 0.236. The van der Waals surface area contributed by atoms with Crippen LogP contribution in [0.3, 0.4) is 0 Å². The minimum Gasteiger partial charge on any atom is -0.507 e. The highest BCUT2D eigenvalue weighted by Crippen LogP contribution is 2.40. The number of amides is 1. The summed E-state index contributed by atoms with van der Waals surface area (Å²) in [6, 6.07) is 13.4. The van der Waals surface area contributed by atoms with Crippen molar-refractivity contribution in [1.82, 2.24) is 4.90 Å². The molecule has 2 aromatic rings. The number of methoxy groups -OCH3 is 1. The van der Waals surface area contributed by atoms with Gasteiger partial charge in [0.05, 0.1) is 24.8 Å². The molecule has 7 heteroatoms. The van der Waals surface area contributed by atoms with E-state index in [4.69, 9.17) is 14.2 Å². The molecule has 0 radical (unpaired) electrons. The number of ether oxygens (including phenoxy) is 3. The van der Waals surface area contributed by atoms with Gasteiger partial charge in [-0.3, -0.25) is 9.59 Å². The molecule has 0 saturated carbocycles. The van der Waals surface area contributed by atoms with Crippen molar-refractivity contribution in [3.05, 3.63) is 65.2 Å². The van der Waals surface area contributed by atoms with Gasteiger partial charge in [0.2, 0.25) is 0 Å². The largest absolute Gasteiger partial charge is 0.507 e. The van der Waals surface area contributed by atoms with Crippen molar-refractivity contribution < 1.29 is 28.9 Å². The third kappa shape index (κ3) is 5.54. The predicted octanol–water partition coefficient (Wildman–Crippen LogP) is 4.33. The van der Waals surface area contributed by atoms with Gasteiger partial charge in [-0.1, -0.05) is 31.2 Å². The first-order chi connectivity index (χ1) is 16.0. The lowest BCUT2D eigenvalue weighted by molar-refractivity contribution is -0.140. The fraction of sp³-hybridized carbons (Fsp3) is 0.385. The molecule has 1 atom stereocenters. The molecule has 1 saturated heterocycles. The van der Waals surface area contributed by atoms with Gasteiger partial charge in [0.15, 0.2) is 0 Å². The highest BCUT2D eigenvalue weighted by molar-refractivity contribution is 6.46. The van der Waals surface area contributed by atoms with Gasteiger partial charge in [0, 0.05) is 25.8 Å². The van der Waals surface area contributed by atoms with Crippen LogP contribution in [0.2, 0.25) is 0 Å². The number of carbonyl (C=O) groups excluding carboxylic acids is 2. The molecule has 1 N–H and O–H groups in total. The number of nitrogens with zero attached hydrogens (tertiary/aromatic N) is 1. The Bertz CT molecular complexity index is 998.